The van der Waals surface area contributed by atoms with Gasteiger partial charge in [0.25, 0.3) is 0 Å². The van der Waals surface area contributed by atoms with Gasteiger partial charge < -0.3 is 9.15 Å². The third kappa shape index (κ3) is 3.54. The molecule has 0 saturated heterocycles. The summed E-state index contributed by atoms with van der Waals surface area (Å²) in [6.45, 7) is 2.06. The number of nitrogens with zero attached hydrogens (tertiary/aromatic N) is 3. The van der Waals surface area contributed by atoms with Crippen LogP contribution in [-0.4, -0.2) is 33.4 Å². The van der Waals surface area contributed by atoms with Crippen LogP contribution < -0.4 is 0 Å². The van der Waals surface area contributed by atoms with Crippen molar-refractivity contribution in [1.82, 2.24) is 10.2 Å². The number of esters is 1. The molecule has 8 nitrogen and oxygen atoms in total. The average molecular weight is 315 g/mol. The van der Waals surface area contributed by atoms with E-state index in [0.29, 0.717) is 16.0 Å². The van der Waals surface area contributed by atoms with Gasteiger partial charge in [-0.05, 0) is 13.0 Å². The minimum atomic E-state index is -0.624. The first kappa shape index (κ1) is 14.5. The molecule has 2 rings (SSSR count). The van der Waals surface area contributed by atoms with Gasteiger partial charge in [0.2, 0.25) is 0 Å². The van der Waals surface area contributed by atoms with Crippen LogP contribution in [0.25, 0.3) is 10.8 Å². The van der Waals surface area contributed by atoms with E-state index < -0.39 is 4.92 Å². The molecule has 20 heavy (non-hydrogen) atoms. The highest BCUT2D eigenvalue weighted by atomic mass is 32.2. The fourth-order valence-corrected chi connectivity index (χ4v) is 2.84. The van der Waals surface area contributed by atoms with Crippen LogP contribution in [-0.2, 0) is 9.53 Å². The summed E-state index contributed by atoms with van der Waals surface area (Å²) in [5.41, 5.74) is 0. The Morgan fingerprint density at radius 3 is 3.00 bits per heavy atom. The maximum atomic E-state index is 11.2. The number of furan rings is 1. The summed E-state index contributed by atoms with van der Waals surface area (Å²) in [7, 11) is 0. The lowest BCUT2D eigenvalue weighted by Gasteiger charge is -1.97. The van der Waals surface area contributed by atoms with Gasteiger partial charge >= 0.3 is 11.9 Å². The van der Waals surface area contributed by atoms with Crippen LogP contribution in [0.5, 0.6) is 0 Å². The zero-order chi connectivity index (χ0) is 14.5. The molecule has 0 aliphatic rings. The lowest BCUT2D eigenvalue weighted by atomic mass is 10.5. The zero-order valence-electron chi connectivity index (χ0n) is 10.3. The Morgan fingerprint density at radius 2 is 2.35 bits per heavy atom. The molecule has 0 saturated carbocycles. The van der Waals surface area contributed by atoms with Crippen molar-refractivity contribution in [2.24, 2.45) is 0 Å². The minimum Gasteiger partial charge on any atom is -0.465 e. The molecule has 0 unspecified atom stereocenters. The van der Waals surface area contributed by atoms with Gasteiger partial charge in [0, 0.05) is 0 Å². The van der Waals surface area contributed by atoms with Gasteiger partial charge in [0.1, 0.15) is 4.92 Å². The van der Waals surface area contributed by atoms with Crippen LogP contribution in [0, 0.1) is 10.1 Å². The summed E-state index contributed by atoms with van der Waals surface area (Å²) >= 11 is 2.38. The number of nitro groups is 1. The zero-order valence-corrected chi connectivity index (χ0v) is 11.9. The largest absolute Gasteiger partial charge is 0.465 e. The third-order valence-corrected chi connectivity index (χ3v) is 4.05. The smallest absolute Gasteiger partial charge is 0.433 e. The first-order chi connectivity index (χ1) is 9.60. The number of ether oxygens (including phenoxy) is 1. The van der Waals surface area contributed by atoms with Gasteiger partial charge in [0.05, 0.1) is 18.4 Å². The Bertz CT molecular complexity index is 624. The summed E-state index contributed by atoms with van der Waals surface area (Å²) in [5.74, 6) is -0.267. The van der Waals surface area contributed by atoms with E-state index in [1.807, 2.05) is 0 Å². The van der Waals surface area contributed by atoms with E-state index in [0.717, 1.165) is 0 Å². The highest BCUT2D eigenvalue weighted by Crippen LogP contribution is 2.32. The number of thioether (sulfide) groups is 1. The maximum absolute atomic E-state index is 11.2. The molecule has 106 valence electrons. The van der Waals surface area contributed by atoms with Crippen molar-refractivity contribution in [2.75, 3.05) is 12.4 Å². The van der Waals surface area contributed by atoms with Crippen LogP contribution in [0.4, 0.5) is 5.88 Å². The van der Waals surface area contributed by atoms with Crippen LogP contribution >= 0.6 is 23.1 Å². The highest BCUT2D eigenvalue weighted by molar-refractivity contribution is 8.01. The molecule has 0 atom stereocenters. The van der Waals surface area contributed by atoms with Crippen molar-refractivity contribution in [3.8, 4) is 10.8 Å². The van der Waals surface area contributed by atoms with Gasteiger partial charge in [0.15, 0.2) is 15.1 Å². The molecule has 2 aromatic heterocycles. The van der Waals surface area contributed by atoms with Crippen LogP contribution in [0.15, 0.2) is 20.9 Å². The van der Waals surface area contributed by atoms with E-state index in [4.69, 9.17) is 9.15 Å². The third-order valence-electron chi connectivity index (χ3n) is 2.01. The van der Waals surface area contributed by atoms with E-state index in [1.165, 1.54) is 35.2 Å². The van der Waals surface area contributed by atoms with Gasteiger partial charge in [-0.1, -0.05) is 23.1 Å². The van der Waals surface area contributed by atoms with Crippen molar-refractivity contribution >= 4 is 35.0 Å². The van der Waals surface area contributed by atoms with Crippen molar-refractivity contribution in [2.45, 2.75) is 11.3 Å². The van der Waals surface area contributed by atoms with E-state index in [9.17, 15) is 14.9 Å². The number of carbonyl (C=O) groups excluding carboxylic acids is 1. The predicted octanol–water partition coefficient (Wildman–Crippen LogP) is 2.36. The molecule has 0 amide bonds. The standard InChI is InChI=1S/C10H9N3O5S2/c1-2-17-8(14)5-19-10-12-11-9(20-10)6-3-4-7(18-6)13(15)16/h3-4H,2,5H2,1H3. The van der Waals surface area contributed by atoms with Gasteiger partial charge in [-0.2, -0.15) is 0 Å². The number of aromatic nitrogens is 2. The molecule has 0 aliphatic carbocycles. The highest BCUT2D eigenvalue weighted by Gasteiger charge is 2.17. The second kappa shape index (κ2) is 6.48. The molecule has 2 heterocycles. The fraction of sp³-hybridized carbons (Fsp3) is 0.300. The predicted molar refractivity (Wildman–Crippen MR) is 71.6 cm³/mol. The van der Waals surface area contributed by atoms with Crippen LogP contribution in [0.2, 0.25) is 0 Å². The van der Waals surface area contributed by atoms with Crippen molar-refractivity contribution in [3.05, 3.63) is 22.2 Å². The molecule has 0 N–H and O–H groups in total. The monoisotopic (exact) mass is 315 g/mol. The lowest BCUT2D eigenvalue weighted by Crippen LogP contribution is -2.06. The number of rotatable bonds is 6. The molecule has 10 heteroatoms. The first-order valence-electron chi connectivity index (χ1n) is 5.46. The maximum Gasteiger partial charge on any atom is 0.433 e. The number of hydrogen-bond acceptors (Lipinski definition) is 9. The van der Waals surface area contributed by atoms with E-state index >= 15 is 0 Å². The summed E-state index contributed by atoms with van der Waals surface area (Å²) in [4.78, 5) is 21.1. The summed E-state index contributed by atoms with van der Waals surface area (Å²) < 4.78 is 10.4. The summed E-state index contributed by atoms with van der Waals surface area (Å²) in [6.07, 6.45) is 0. The number of hydrogen-bond donors (Lipinski definition) is 0. The second-order valence-corrected chi connectivity index (χ2v) is 5.56. The molecular formula is C10H9N3O5S2. The quantitative estimate of drug-likeness (QED) is 0.346. The van der Waals surface area contributed by atoms with Gasteiger partial charge in [-0.3, -0.25) is 14.9 Å². The topological polar surface area (TPSA) is 108 Å². The minimum absolute atomic E-state index is 0.140. The van der Waals surface area contributed by atoms with Crippen LogP contribution in [0.3, 0.4) is 0 Å². The van der Waals surface area contributed by atoms with Crippen LogP contribution in [0.1, 0.15) is 6.92 Å². The van der Waals surface area contributed by atoms with Gasteiger partial charge in [-0.25, -0.2) is 0 Å². The Kier molecular flexibility index (Phi) is 4.69. The van der Waals surface area contributed by atoms with E-state index in [1.54, 1.807) is 6.92 Å². The Labute approximate surface area is 121 Å². The Morgan fingerprint density at radius 1 is 1.55 bits per heavy atom. The average Bonchev–Trinajstić information content (AvgIpc) is 3.05. The molecule has 0 fully saturated rings. The Hall–Kier alpha value is -1.94. The Balaban J connectivity index is 2.01. The molecular weight excluding hydrogens is 306 g/mol. The first-order valence-corrected chi connectivity index (χ1v) is 7.27. The molecule has 0 radical (unpaired) electrons. The van der Waals surface area contributed by atoms with Crippen molar-refractivity contribution < 1.29 is 18.9 Å². The van der Waals surface area contributed by atoms with E-state index in [2.05, 4.69) is 10.2 Å². The molecule has 0 spiro atoms. The number of carbonyl (C=O) groups is 1. The molecule has 0 bridgehead atoms. The fourth-order valence-electron chi connectivity index (χ4n) is 1.23. The molecule has 0 aliphatic heterocycles. The summed E-state index contributed by atoms with van der Waals surface area (Å²) in [6, 6.07) is 2.71. The molecule has 2 aromatic rings. The van der Waals surface area contributed by atoms with Crippen molar-refractivity contribution in [3.63, 3.8) is 0 Å². The summed E-state index contributed by atoms with van der Waals surface area (Å²) in [5, 5.41) is 18.7. The van der Waals surface area contributed by atoms with E-state index in [-0.39, 0.29) is 23.4 Å². The normalized spacial score (nSPS) is 10.4. The molecule has 0 aromatic carbocycles. The van der Waals surface area contributed by atoms with Crippen molar-refractivity contribution in [1.29, 1.82) is 0 Å². The second-order valence-electron chi connectivity index (χ2n) is 3.36. The lowest BCUT2D eigenvalue weighted by molar-refractivity contribution is -0.401. The SMILES string of the molecule is CCOC(=O)CSc1nnc(-c2ccc([N+](=O)[O-])o2)s1. The van der Waals surface area contributed by atoms with Gasteiger partial charge in [-0.15, -0.1) is 10.2 Å².